The van der Waals surface area contributed by atoms with E-state index in [0.29, 0.717) is 6.42 Å². The summed E-state index contributed by atoms with van der Waals surface area (Å²) in [5.41, 5.74) is 1.74. The highest BCUT2D eigenvalue weighted by Crippen LogP contribution is 2.22. The van der Waals surface area contributed by atoms with Crippen molar-refractivity contribution in [3.8, 4) is 0 Å². The summed E-state index contributed by atoms with van der Waals surface area (Å²) in [5, 5.41) is 10.2. The number of hydrogen-bond acceptors (Lipinski definition) is 7. The van der Waals surface area contributed by atoms with Gasteiger partial charge < -0.3 is 19.9 Å². The minimum atomic E-state index is 0.00930. The van der Waals surface area contributed by atoms with Gasteiger partial charge in [0.2, 0.25) is 5.91 Å². The van der Waals surface area contributed by atoms with Crippen LogP contribution in [0.4, 0.5) is 11.6 Å². The number of nitrogens with one attached hydrogen (secondary N) is 2. The highest BCUT2D eigenvalue weighted by Gasteiger charge is 2.23. The SMILES string of the molecule is Cc1cc(CC(=O)NC2CCCN(c3cc(N4CCOCC4)ncn3)C2)n[nH]1. The van der Waals surface area contributed by atoms with E-state index < -0.39 is 0 Å². The second-order valence-corrected chi connectivity index (χ2v) is 7.41. The maximum atomic E-state index is 12.4. The lowest BCUT2D eigenvalue weighted by molar-refractivity contribution is -0.121. The van der Waals surface area contributed by atoms with Gasteiger partial charge in [0.05, 0.1) is 25.3 Å². The Bertz CT molecular complexity index is 803. The highest BCUT2D eigenvalue weighted by atomic mass is 16.5. The summed E-state index contributed by atoms with van der Waals surface area (Å²) in [5.74, 6) is 1.86. The first-order chi connectivity index (χ1) is 13.7. The first kappa shape index (κ1) is 18.7. The van der Waals surface area contributed by atoms with E-state index in [0.717, 1.165) is 75.3 Å². The number of amides is 1. The Balaban J connectivity index is 1.36. The third-order valence-electron chi connectivity index (χ3n) is 5.18. The predicted octanol–water partition coefficient (Wildman–Crippen LogP) is 0.672. The molecule has 2 saturated heterocycles. The number of anilines is 2. The van der Waals surface area contributed by atoms with Crippen molar-refractivity contribution >= 4 is 17.5 Å². The zero-order valence-electron chi connectivity index (χ0n) is 16.2. The molecule has 2 aromatic heterocycles. The first-order valence-electron chi connectivity index (χ1n) is 9.87. The molecule has 0 saturated carbocycles. The second kappa shape index (κ2) is 8.55. The molecule has 1 atom stereocenters. The number of piperidine rings is 1. The molecule has 9 nitrogen and oxygen atoms in total. The monoisotopic (exact) mass is 385 g/mol. The quantitative estimate of drug-likeness (QED) is 0.780. The van der Waals surface area contributed by atoms with E-state index in [-0.39, 0.29) is 11.9 Å². The molecular formula is C19H27N7O2. The number of carbonyl (C=O) groups excluding carboxylic acids is 1. The van der Waals surface area contributed by atoms with E-state index in [1.165, 1.54) is 0 Å². The highest BCUT2D eigenvalue weighted by molar-refractivity contribution is 5.78. The number of nitrogens with zero attached hydrogens (tertiary/aromatic N) is 5. The van der Waals surface area contributed by atoms with Gasteiger partial charge >= 0.3 is 0 Å². The summed E-state index contributed by atoms with van der Waals surface area (Å²) in [6.07, 6.45) is 3.92. The number of morpholine rings is 1. The third-order valence-corrected chi connectivity index (χ3v) is 5.18. The van der Waals surface area contributed by atoms with Crippen LogP contribution < -0.4 is 15.1 Å². The summed E-state index contributed by atoms with van der Waals surface area (Å²) in [7, 11) is 0. The zero-order valence-corrected chi connectivity index (χ0v) is 16.2. The average Bonchev–Trinajstić information content (AvgIpc) is 3.13. The van der Waals surface area contributed by atoms with Crippen molar-refractivity contribution in [2.75, 3.05) is 49.2 Å². The Morgan fingerprint density at radius 3 is 2.75 bits per heavy atom. The number of hydrogen-bond donors (Lipinski definition) is 2. The van der Waals surface area contributed by atoms with E-state index in [1.54, 1.807) is 6.33 Å². The van der Waals surface area contributed by atoms with E-state index in [2.05, 4.69) is 35.3 Å². The number of aryl methyl sites for hydroxylation is 1. The smallest absolute Gasteiger partial charge is 0.226 e. The summed E-state index contributed by atoms with van der Waals surface area (Å²) in [6, 6.07) is 4.06. The van der Waals surface area contributed by atoms with Gasteiger partial charge in [0.25, 0.3) is 0 Å². The molecule has 2 aliphatic rings. The molecule has 0 radical (unpaired) electrons. The molecule has 1 unspecified atom stereocenters. The zero-order chi connectivity index (χ0) is 19.3. The van der Waals surface area contributed by atoms with Gasteiger partial charge in [-0.05, 0) is 25.8 Å². The van der Waals surface area contributed by atoms with E-state index in [4.69, 9.17) is 4.74 Å². The number of aromatic amines is 1. The van der Waals surface area contributed by atoms with Crippen LogP contribution in [0.2, 0.25) is 0 Å². The lowest BCUT2D eigenvalue weighted by Crippen LogP contribution is -2.48. The molecule has 1 amide bonds. The average molecular weight is 385 g/mol. The number of H-pyrrole nitrogens is 1. The van der Waals surface area contributed by atoms with Crippen molar-refractivity contribution < 1.29 is 9.53 Å². The molecule has 0 aliphatic carbocycles. The lowest BCUT2D eigenvalue weighted by atomic mass is 10.1. The molecule has 2 aliphatic heterocycles. The molecule has 0 aromatic carbocycles. The Kier molecular flexibility index (Phi) is 5.70. The number of aromatic nitrogens is 4. The van der Waals surface area contributed by atoms with Gasteiger partial charge in [-0.1, -0.05) is 0 Å². The van der Waals surface area contributed by atoms with Gasteiger partial charge in [0.15, 0.2) is 0 Å². The van der Waals surface area contributed by atoms with Crippen LogP contribution in [-0.4, -0.2) is 71.5 Å². The third kappa shape index (κ3) is 4.59. The molecular weight excluding hydrogens is 358 g/mol. The molecule has 0 spiro atoms. The van der Waals surface area contributed by atoms with Crippen LogP contribution in [0, 0.1) is 6.92 Å². The van der Waals surface area contributed by atoms with Gasteiger partial charge in [-0.3, -0.25) is 9.89 Å². The van der Waals surface area contributed by atoms with Crippen molar-refractivity contribution in [3.63, 3.8) is 0 Å². The number of carbonyl (C=O) groups is 1. The molecule has 0 bridgehead atoms. The van der Waals surface area contributed by atoms with E-state index in [1.807, 2.05) is 19.1 Å². The number of ether oxygens (including phenoxy) is 1. The summed E-state index contributed by atoms with van der Waals surface area (Å²) >= 11 is 0. The molecule has 4 rings (SSSR count). The fourth-order valence-electron chi connectivity index (χ4n) is 3.79. The fraction of sp³-hybridized carbons (Fsp3) is 0.579. The second-order valence-electron chi connectivity index (χ2n) is 7.41. The van der Waals surface area contributed by atoms with Crippen molar-refractivity contribution in [2.45, 2.75) is 32.2 Å². The molecule has 4 heterocycles. The van der Waals surface area contributed by atoms with Gasteiger partial charge in [-0.15, -0.1) is 0 Å². The van der Waals surface area contributed by atoms with Gasteiger partial charge in [-0.2, -0.15) is 5.10 Å². The van der Waals surface area contributed by atoms with Crippen molar-refractivity contribution in [1.29, 1.82) is 0 Å². The van der Waals surface area contributed by atoms with Crippen LogP contribution in [-0.2, 0) is 16.0 Å². The largest absolute Gasteiger partial charge is 0.378 e. The Morgan fingerprint density at radius 2 is 2.00 bits per heavy atom. The van der Waals surface area contributed by atoms with Crippen LogP contribution in [0.1, 0.15) is 24.2 Å². The van der Waals surface area contributed by atoms with Crippen molar-refractivity contribution in [1.82, 2.24) is 25.5 Å². The molecule has 150 valence electrons. The van der Waals surface area contributed by atoms with E-state index in [9.17, 15) is 4.79 Å². The Hall–Kier alpha value is -2.68. The Labute approximate surface area is 164 Å². The minimum absolute atomic E-state index is 0.00930. The summed E-state index contributed by atoms with van der Waals surface area (Å²) < 4.78 is 5.42. The van der Waals surface area contributed by atoms with Crippen LogP contribution in [0.5, 0.6) is 0 Å². The lowest BCUT2D eigenvalue weighted by Gasteiger charge is -2.34. The predicted molar refractivity (Wildman–Crippen MR) is 105 cm³/mol. The van der Waals surface area contributed by atoms with Crippen LogP contribution in [0.15, 0.2) is 18.5 Å². The normalized spacial score (nSPS) is 20.2. The fourth-order valence-corrected chi connectivity index (χ4v) is 3.79. The topological polar surface area (TPSA) is 99.3 Å². The maximum Gasteiger partial charge on any atom is 0.226 e. The molecule has 2 fully saturated rings. The standard InChI is InChI=1S/C19H27N7O2/c1-14-9-16(24-23-14)10-19(27)22-15-3-2-4-26(12-15)18-11-17(20-13-21-18)25-5-7-28-8-6-25/h9,11,13,15H,2-8,10,12H2,1H3,(H,22,27)(H,23,24). The van der Waals surface area contributed by atoms with E-state index >= 15 is 0 Å². The molecule has 2 N–H and O–H groups in total. The maximum absolute atomic E-state index is 12.4. The van der Waals surface area contributed by atoms with Crippen molar-refractivity contribution in [3.05, 3.63) is 29.8 Å². The van der Waals surface area contributed by atoms with Gasteiger partial charge in [-0.25, -0.2) is 9.97 Å². The van der Waals surface area contributed by atoms with Crippen LogP contribution in [0.3, 0.4) is 0 Å². The summed E-state index contributed by atoms with van der Waals surface area (Å²) in [6.45, 7) is 6.78. The van der Waals surface area contributed by atoms with Crippen molar-refractivity contribution in [2.24, 2.45) is 0 Å². The molecule has 28 heavy (non-hydrogen) atoms. The van der Waals surface area contributed by atoms with Gasteiger partial charge in [0, 0.05) is 44.0 Å². The first-order valence-corrected chi connectivity index (χ1v) is 9.87. The van der Waals surface area contributed by atoms with Crippen LogP contribution in [0.25, 0.3) is 0 Å². The van der Waals surface area contributed by atoms with Gasteiger partial charge in [0.1, 0.15) is 18.0 Å². The molecule has 9 heteroatoms. The van der Waals surface area contributed by atoms with Crippen LogP contribution >= 0.6 is 0 Å². The Morgan fingerprint density at radius 1 is 1.21 bits per heavy atom. The molecule has 2 aromatic rings. The minimum Gasteiger partial charge on any atom is -0.378 e. The summed E-state index contributed by atoms with van der Waals surface area (Å²) in [4.78, 5) is 25.7. The number of rotatable bonds is 5.